The number of hydrogen-bond donors (Lipinski definition) is 0. The molecule has 7 heteroatoms. The second-order valence-corrected chi connectivity index (χ2v) is 7.68. The number of carbonyl (C=O) groups is 1. The monoisotopic (exact) mass is 374 g/mol. The van der Waals surface area contributed by atoms with Gasteiger partial charge in [0.05, 0.1) is 30.0 Å². The van der Waals surface area contributed by atoms with Crippen molar-refractivity contribution in [3.05, 3.63) is 29.3 Å². The van der Waals surface area contributed by atoms with Crippen LogP contribution in [0, 0.1) is 11.6 Å². The van der Waals surface area contributed by atoms with E-state index in [1.165, 1.54) is 0 Å². The van der Waals surface area contributed by atoms with E-state index in [1.54, 1.807) is 0 Å². The number of carbonyl (C=O) groups excluding carboxylic acids is 1. The molecule has 26 heavy (non-hydrogen) atoms. The van der Waals surface area contributed by atoms with Crippen LogP contribution in [0.1, 0.15) is 51.9 Å². The fraction of sp³-hybridized carbons (Fsp3) is 0.632. The third kappa shape index (κ3) is 8.58. The first kappa shape index (κ1) is 22.3. The van der Waals surface area contributed by atoms with Gasteiger partial charge in [-0.2, -0.15) is 0 Å². The minimum absolute atomic E-state index is 0.0122. The molecule has 0 radical (unpaired) electrons. The molecule has 0 atom stereocenters. The highest BCUT2D eigenvalue weighted by molar-refractivity contribution is 5.89. The molecule has 0 N–H and O–H groups in total. The number of ether oxygens (including phenoxy) is 4. The number of esters is 1. The third-order valence-electron chi connectivity index (χ3n) is 2.95. The van der Waals surface area contributed by atoms with Gasteiger partial charge in [0.15, 0.2) is 17.4 Å². The quantitative estimate of drug-likeness (QED) is 0.506. The Hall–Kier alpha value is -1.73. The highest BCUT2D eigenvalue weighted by Crippen LogP contribution is 2.24. The van der Waals surface area contributed by atoms with Crippen LogP contribution in [0.5, 0.6) is 5.75 Å². The van der Waals surface area contributed by atoms with Crippen molar-refractivity contribution in [2.45, 2.75) is 52.7 Å². The molecule has 1 aromatic rings. The summed E-state index contributed by atoms with van der Waals surface area (Å²) in [7, 11) is 0. The van der Waals surface area contributed by atoms with E-state index in [-0.39, 0.29) is 43.2 Å². The fourth-order valence-corrected chi connectivity index (χ4v) is 1.87. The topological polar surface area (TPSA) is 54.0 Å². The van der Waals surface area contributed by atoms with Crippen LogP contribution in [-0.2, 0) is 14.2 Å². The van der Waals surface area contributed by atoms with Gasteiger partial charge in [0.1, 0.15) is 13.2 Å². The van der Waals surface area contributed by atoms with Gasteiger partial charge in [-0.05, 0) is 53.7 Å². The van der Waals surface area contributed by atoms with Crippen molar-refractivity contribution in [3.8, 4) is 5.75 Å². The highest BCUT2D eigenvalue weighted by atomic mass is 19.1. The molecule has 0 heterocycles. The number of halogens is 2. The molecule has 1 aromatic carbocycles. The minimum atomic E-state index is -0.973. The van der Waals surface area contributed by atoms with Crippen molar-refractivity contribution in [2.75, 3.05) is 26.4 Å². The maximum absolute atomic E-state index is 14.0. The first-order valence-corrected chi connectivity index (χ1v) is 8.46. The van der Waals surface area contributed by atoms with Crippen LogP contribution in [-0.4, -0.2) is 43.6 Å². The average molecular weight is 374 g/mol. The van der Waals surface area contributed by atoms with E-state index in [4.69, 9.17) is 18.9 Å². The normalized spacial score (nSPS) is 12.2. The summed E-state index contributed by atoms with van der Waals surface area (Å²) in [6, 6.07) is 1.77. The molecular formula is C19H28F2O5. The summed E-state index contributed by atoms with van der Waals surface area (Å²) in [6.07, 6.45) is 0. The van der Waals surface area contributed by atoms with Gasteiger partial charge < -0.3 is 18.9 Å². The molecule has 0 aliphatic carbocycles. The van der Waals surface area contributed by atoms with Crippen LogP contribution in [0.3, 0.4) is 0 Å². The molecule has 0 saturated heterocycles. The second-order valence-electron chi connectivity index (χ2n) is 7.68. The first-order valence-electron chi connectivity index (χ1n) is 8.46. The molecule has 0 saturated carbocycles. The Morgan fingerprint density at radius 2 is 1.31 bits per heavy atom. The lowest BCUT2D eigenvalue weighted by atomic mass is 10.2. The predicted molar refractivity (Wildman–Crippen MR) is 93.5 cm³/mol. The zero-order chi connectivity index (χ0) is 20.0. The highest BCUT2D eigenvalue weighted by Gasteiger charge is 2.18. The van der Waals surface area contributed by atoms with Crippen LogP contribution >= 0.6 is 0 Å². The van der Waals surface area contributed by atoms with Crippen molar-refractivity contribution in [1.29, 1.82) is 0 Å². The Bertz CT molecular complexity index is 580. The van der Waals surface area contributed by atoms with Gasteiger partial charge in [-0.15, -0.1) is 0 Å². The van der Waals surface area contributed by atoms with Gasteiger partial charge in [0.2, 0.25) is 0 Å². The van der Waals surface area contributed by atoms with Crippen molar-refractivity contribution < 1.29 is 32.5 Å². The van der Waals surface area contributed by atoms with E-state index in [2.05, 4.69) is 0 Å². The van der Waals surface area contributed by atoms with E-state index in [0.29, 0.717) is 0 Å². The molecule has 1 rings (SSSR count). The SMILES string of the molecule is CC(C)(C)OCCOC(=O)c1cc(F)c(OCCOC(C)(C)C)c(F)c1. The van der Waals surface area contributed by atoms with Crippen molar-refractivity contribution >= 4 is 5.97 Å². The molecule has 0 aliphatic heterocycles. The average Bonchev–Trinajstić information content (AvgIpc) is 2.47. The first-order chi connectivity index (χ1) is 11.9. The van der Waals surface area contributed by atoms with Crippen molar-refractivity contribution in [1.82, 2.24) is 0 Å². The second kappa shape index (κ2) is 9.28. The molecule has 0 amide bonds. The van der Waals surface area contributed by atoms with E-state index in [9.17, 15) is 13.6 Å². The summed E-state index contributed by atoms with van der Waals surface area (Å²) >= 11 is 0. The summed E-state index contributed by atoms with van der Waals surface area (Å²) in [4.78, 5) is 11.9. The van der Waals surface area contributed by atoms with E-state index >= 15 is 0 Å². The molecule has 0 unspecified atom stereocenters. The largest absolute Gasteiger partial charge is 0.485 e. The van der Waals surface area contributed by atoms with Gasteiger partial charge in [0.25, 0.3) is 0 Å². The van der Waals surface area contributed by atoms with E-state index < -0.39 is 23.4 Å². The van der Waals surface area contributed by atoms with Gasteiger partial charge >= 0.3 is 5.97 Å². The molecule has 0 fully saturated rings. The Morgan fingerprint density at radius 1 is 0.846 bits per heavy atom. The number of benzene rings is 1. The molecular weight excluding hydrogens is 346 g/mol. The van der Waals surface area contributed by atoms with Gasteiger partial charge in [-0.1, -0.05) is 0 Å². The zero-order valence-corrected chi connectivity index (χ0v) is 16.3. The summed E-state index contributed by atoms with van der Waals surface area (Å²) in [5, 5.41) is 0. The Labute approximate surface area is 153 Å². The zero-order valence-electron chi connectivity index (χ0n) is 16.3. The van der Waals surface area contributed by atoms with Crippen molar-refractivity contribution in [3.63, 3.8) is 0 Å². The number of rotatable bonds is 8. The lowest BCUT2D eigenvalue weighted by Crippen LogP contribution is -2.23. The lowest BCUT2D eigenvalue weighted by molar-refractivity contribution is -0.0281. The molecule has 0 bridgehead atoms. The van der Waals surface area contributed by atoms with Crippen LogP contribution < -0.4 is 4.74 Å². The van der Waals surface area contributed by atoms with Crippen LogP contribution in [0.15, 0.2) is 12.1 Å². The molecule has 0 aliphatic rings. The minimum Gasteiger partial charge on any atom is -0.485 e. The van der Waals surface area contributed by atoms with Crippen molar-refractivity contribution in [2.24, 2.45) is 0 Å². The van der Waals surface area contributed by atoms with Crippen LogP contribution in [0.2, 0.25) is 0 Å². The molecule has 5 nitrogen and oxygen atoms in total. The summed E-state index contributed by atoms with van der Waals surface area (Å²) in [5.74, 6) is -3.32. The fourth-order valence-electron chi connectivity index (χ4n) is 1.87. The van der Waals surface area contributed by atoms with Gasteiger partial charge in [-0.25, -0.2) is 13.6 Å². The van der Waals surface area contributed by atoms with E-state index in [1.807, 2.05) is 41.5 Å². The summed E-state index contributed by atoms with van der Waals surface area (Å²) in [6.45, 7) is 11.5. The predicted octanol–water partition coefficient (Wildman–Crippen LogP) is 4.13. The maximum atomic E-state index is 14.0. The van der Waals surface area contributed by atoms with Gasteiger partial charge in [-0.3, -0.25) is 0 Å². The maximum Gasteiger partial charge on any atom is 0.338 e. The smallest absolute Gasteiger partial charge is 0.338 e. The Kier molecular flexibility index (Phi) is 7.96. The van der Waals surface area contributed by atoms with Crippen LogP contribution in [0.4, 0.5) is 8.78 Å². The molecule has 0 aromatic heterocycles. The number of hydrogen-bond acceptors (Lipinski definition) is 5. The molecule has 148 valence electrons. The Morgan fingerprint density at radius 3 is 1.77 bits per heavy atom. The molecule has 0 spiro atoms. The summed E-state index contributed by atoms with van der Waals surface area (Å²) < 4.78 is 48.9. The van der Waals surface area contributed by atoms with Crippen LogP contribution in [0.25, 0.3) is 0 Å². The third-order valence-corrected chi connectivity index (χ3v) is 2.95. The van der Waals surface area contributed by atoms with Gasteiger partial charge in [0, 0.05) is 0 Å². The van der Waals surface area contributed by atoms with E-state index in [0.717, 1.165) is 12.1 Å². The lowest BCUT2D eigenvalue weighted by Gasteiger charge is -2.19. The summed E-state index contributed by atoms with van der Waals surface area (Å²) in [5.41, 5.74) is -0.959. The Balaban J connectivity index is 2.58. The standard InChI is InChI=1S/C19H28F2O5/c1-18(2,3)25-9-7-23-16-14(20)11-13(12-15(16)21)17(22)24-8-10-26-19(4,5)6/h11-12H,7-10H2,1-6H3.